The molecule has 2 aromatic rings. The molecule has 0 saturated heterocycles. The van der Waals surface area contributed by atoms with E-state index in [-0.39, 0.29) is 28.4 Å². The van der Waals surface area contributed by atoms with E-state index in [4.69, 9.17) is 11.6 Å². The molecule has 2 rings (SSSR count). The molecule has 0 aliphatic carbocycles. The lowest BCUT2D eigenvalue weighted by Crippen LogP contribution is -2.33. The average molecular weight is 414 g/mol. The molecule has 6 nitrogen and oxygen atoms in total. The van der Waals surface area contributed by atoms with Gasteiger partial charge in [-0.15, -0.1) is 0 Å². The Morgan fingerprint density at radius 3 is 2.37 bits per heavy atom. The second-order valence-electron chi connectivity index (χ2n) is 6.17. The van der Waals surface area contributed by atoms with Gasteiger partial charge in [0.15, 0.2) is 0 Å². The summed E-state index contributed by atoms with van der Waals surface area (Å²) in [5, 5.41) is 5.56. The predicted octanol–water partition coefficient (Wildman–Crippen LogP) is 3.56. The van der Waals surface area contributed by atoms with E-state index in [1.165, 1.54) is 35.6 Å². The first-order valence-corrected chi connectivity index (χ1v) is 10.00. The monoisotopic (exact) mass is 413 g/mol. The lowest BCUT2D eigenvalue weighted by molar-refractivity contribution is -0.114. The zero-order chi connectivity index (χ0) is 20.2. The van der Waals surface area contributed by atoms with Crippen molar-refractivity contribution in [3.8, 4) is 0 Å². The van der Waals surface area contributed by atoms with Crippen molar-refractivity contribution < 1.29 is 17.6 Å². The minimum atomic E-state index is -3.55. The zero-order valence-corrected chi connectivity index (χ0v) is 16.7. The van der Waals surface area contributed by atoms with Gasteiger partial charge in [0.2, 0.25) is 15.9 Å². The first-order chi connectivity index (χ1) is 12.6. The van der Waals surface area contributed by atoms with Crippen LogP contribution in [0.2, 0.25) is 5.02 Å². The number of sulfonamides is 1. The fourth-order valence-electron chi connectivity index (χ4n) is 2.16. The summed E-state index contributed by atoms with van der Waals surface area (Å²) in [6.07, 6.45) is 0. The SMILES string of the molecule is CC(C)N(C)S(=O)(=O)c1ccc(NCC(=O)Nc2ccc(F)cc2Cl)cc1. The van der Waals surface area contributed by atoms with Gasteiger partial charge in [0, 0.05) is 18.8 Å². The Labute approximate surface area is 163 Å². The highest BCUT2D eigenvalue weighted by molar-refractivity contribution is 7.89. The molecule has 2 aromatic carbocycles. The van der Waals surface area contributed by atoms with Crippen LogP contribution in [0.25, 0.3) is 0 Å². The molecule has 0 radical (unpaired) electrons. The molecule has 146 valence electrons. The third-order valence-electron chi connectivity index (χ3n) is 3.92. The van der Waals surface area contributed by atoms with E-state index in [1.807, 2.05) is 0 Å². The number of benzene rings is 2. The second kappa shape index (κ2) is 8.69. The molecule has 0 aliphatic rings. The van der Waals surface area contributed by atoms with Gasteiger partial charge in [0.25, 0.3) is 0 Å². The van der Waals surface area contributed by atoms with Crippen LogP contribution in [0, 0.1) is 5.82 Å². The molecule has 27 heavy (non-hydrogen) atoms. The Bertz CT molecular complexity index is 918. The van der Waals surface area contributed by atoms with Gasteiger partial charge in [-0.2, -0.15) is 4.31 Å². The van der Waals surface area contributed by atoms with Crippen molar-refractivity contribution in [2.24, 2.45) is 0 Å². The van der Waals surface area contributed by atoms with Gasteiger partial charge in [0.05, 0.1) is 22.2 Å². The van der Waals surface area contributed by atoms with Gasteiger partial charge in [-0.3, -0.25) is 4.79 Å². The Morgan fingerprint density at radius 2 is 1.81 bits per heavy atom. The van der Waals surface area contributed by atoms with Crippen LogP contribution < -0.4 is 10.6 Å². The Balaban J connectivity index is 1.98. The molecule has 0 aliphatic heterocycles. The van der Waals surface area contributed by atoms with Crippen LogP contribution in [-0.4, -0.2) is 38.3 Å². The molecular formula is C18H21ClFN3O3S. The largest absolute Gasteiger partial charge is 0.376 e. The Morgan fingerprint density at radius 1 is 1.19 bits per heavy atom. The van der Waals surface area contributed by atoms with Crippen LogP contribution in [0.3, 0.4) is 0 Å². The minimum Gasteiger partial charge on any atom is -0.376 e. The van der Waals surface area contributed by atoms with Gasteiger partial charge in [-0.1, -0.05) is 11.6 Å². The van der Waals surface area contributed by atoms with Gasteiger partial charge < -0.3 is 10.6 Å². The maximum absolute atomic E-state index is 13.0. The normalized spacial score (nSPS) is 11.7. The van der Waals surface area contributed by atoms with Gasteiger partial charge >= 0.3 is 0 Å². The smallest absolute Gasteiger partial charge is 0.243 e. The first-order valence-electron chi connectivity index (χ1n) is 8.18. The van der Waals surface area contributed by atoms with Gasteiger partial charge in [-0.05, 0) is 56.3 Å². The molecular weight excluding hydrogens is 393 g/mol. The fourth-order valence-corrected chi connectivity index (χ4v) is 3.74. The van der Waals surface area contributed by atoms with E-state index in [9.17, 15) is 17.6 Å². The van der Waals surface area contributed by atoms with E-state index in [0.717, 1.165) is 6.07 Å². The van der Waals surface area contributed by atoms with E-state index < -0.39 is 15.8 Å². The van der Waals surface area contributed by atoms with Crippen LogP contribution in [-0.2, 0) is 14.8 Å². The standard InChI is InChI=1S/C18H21ClFN3O3S/c1-12(2)23(3)27(25,26)15-7-5-14(6-8-15)21-11-18(24)22-17-9-4-13(20)10-16(17)19/h4-10,12,21H,11H2,1-3H3,(H,22,24). The third-order valence-corrected chi connectivity index (χ3v) is 6.28. The van der Waals surface area contributed by atoms with Crippen molar-refractivity contribution in [1.29, 1.82) is 0 Å². The summed E-state index contributed by atoms with van der Waals surface area (Å²) in [7, 11) is -2.03. The number of carbonyl (C=O) groups excluding carboxylic acids is 1. The maximum Gasteiger partial charge on any atom is 0.243 e. The molecule has 0 saturated carbocycles. The molecule has 0 unspecified atom stereocenters. The number of carbonyl (C=O) groups is 1. The highest BCUT2D eigenvalue weighted by atomic mass is 35.5. The van der Waals surface area contributed by atoms with Crippen molar-refractivity contribution in [3.63, 3.8) is 0 Å². The summed E-state index contributed by atoms with van der Waals surface area (Å²) in [5.41, 5.74) is 0.893. The fraction of sp³-hybridized carbons (Fsp3) is 0.278. The molecule has 1 amide bonds. The Hall–Kier alpha value is -2.16. The van der Waals surface area contributed by atoms with E-state index >= 15 is 0 Å². The quantitative estimate of drug-likeness (QED) is 0.727. The molecule has 2 N–H and O–H groups in total. The highest BCUT2D eigenvalue weighted by Gasteiger charge is 2.22. The van der Waals surface area contributed by atoms with E-state index in [0.29, 0.717) is 11.4 Å². The summed E-state index contributed by atoms with van der Waals surface area (Å²) in [5.74, 6) is -0.867. The molecule has 0 atom stereocenters. The van der Waals surface area contributed by atoms with Crippen molar-refractivity contribution >= 4 is 38.9 Å². The van der Waals surface area contributed by atoms with Crippen molar-refractivity contribution in [2.75, 3.05) is 24.2 Å². The van der Waals surface area contributed by atoms with Crippen LogP contribution in [0.1, 0.15) is 13.8 Å². The van der Waals surface area contributed by atoms with Crippen LogP contribution in [0.15, 0.2) is 47.4 Å². The first kappa shape index (κ1) is 21.1. The third kappa shape index (κ3) is 5.41. The number of hydrogen-bond donors (Lipinski definition) is 2. The number of nitrogens with zero attached hydrogens (tertiary/aromatic N) is 1. The number of halogens is 2. The number of amides is 1. The zero-order valence-electron chi connectivity index (χ0n) is 15.2. The molecule has 0 aromatic heterocycles. The van der Waals surface area contributed by atoms with Crippen LogP contribution in [0.5, 0.6) is 0 Å². The number of nitrogens with one attached hydrogen (secondary N) is 2. The average Bonchev–Trinajstić information content (AvgIpc) is 2.62. The van der Waals surface area contributed by atoms with Crippen LogP contribution >= 0.6 is 11.6 Å². The maximum atomic E-state index is 13.0. The van der Waals surface area contributed by atoms with Crippen molar-refractivity contribution in [1.82, 2.24) is 4.31 Å². The molecule has 0 bridgehead atoms. The topological polar surface area (TPSA) is 78.5 Å². The van der Waals surface area contributed by atoms with Crippen LogP contribution in [0.4, 0.5) is 15.8 Å². The summed E-state index contributed by atoms with van der Waals surface area (Å²) in [6, 6.07) is 9.64. The molecule has 0 fully saturated rings. The highest BCUT2D eigenvalue weighted by Crippen LogP contribution is 2.22. The number of anilines is 2. The second-order valence-corrected chi connectivity index (χ2v) is 8.57. The summed E-state index contributed by atoms with van der Waals surface area (Å²) in [6.45, 7) is 3.52. The van der Waals surface area contributed by atoms with Crippen molar-refractivity contribution in [3.05, 3.63) is 53.3 Å². The van der Waals surface area contributed by atoms with Crippen molar-refractivity contribution in [2.45, 2.75) is 24.8 Å². The Kier molecular flexibility index (Phi) is 6.80. The summed E-state index contributed by atoms with van der Waals surface area (Å²) in [4.78, 5) is 12.2. The molecule has 9 heteroatoms. The molecule has 0 heterocycles. The van der Waals surface area contributed by atoms with E-state index in [2.05, 4.69) is 10.6 Å². The summed E-state index contributed by atoms with van der Waals surface area (Å²) >= 11 is 5.86. The number of rotatable bonds is 7. The lowest BCUT2D eigenvalue weighted by Gasteiger charge is -2.21. The lowest BCUT2D eigenvalue weighted by atomic mass is 10.3. The number of hydrogen-bond acceptors (Lipinski definition) is 4. The predicted molar refractivity (Wildman–Crippen MR) is 105 cm³/mol. The van der Waals surface area contributed by atoms with E-state index in [1.54, 1.807) is 26.0 Å². The van der Waals surface area contributed by atoms with Gasteiger partial charge in [-0.25, -0.2) is 12.8 Å². The van der Waals surface area contributed by atoms with Gasteiger partial charge in [0.1, 0.15) is 5.82 Å². The minimum absolute atomic E-state index is 0.0638. The summed E-state index contributed by atoms with van der Waals surface area (Å²) < 4.78 is 39.1. The molecule has 0 spiro atoms.